The highest BCUT2D eigenvalue weighted by molar-refractivity contribution is 7.17. The topological polar surface area (TPSA) is 68.2 Å². The highest BCUT2D eigenvalue weighted by atomic mass is 32.1. The van der Waals surface area contributed by atoms with Crippen LogP contribution in [0.5, 0.6) is 0 Å². The van der Waals surface area contributed by atoms with Crippen LogP contribution in [0, 0.1) is 5.92 Å². The number of aromatic nitrogens is 4. The van der Waals surface area contributed by atoms with Gasteiger partial charge in [0.15, 0.2) is 5.65 Å². The summed E-state index contributed by atoms with van der Waals surface area (Å²) in [6.07, 6.45) is 4.25. The van der Waals surface area contributed by atoms with Crippen LogP contribution in [0.1, 0.15) is 25.2 Å². The molecule has 0 aliphatic heterocycles. The number of nitrogens with one attached hydrogen (secondary N) is 1. The van der Waals surface area contributed by atoms with Crippen LogP contribution < -0.4 is 5.32 Å². The summed E-state index contributed by atoms with van der Waals surface area (Å²) in [6.45, 7) is 5.00. The monoisotopic (exact) mass is 327 g/mol. The molecular weight excluding hydrogens is 310 g/mol. The second-order valence-corrected chi connectivity index (χ2v) is 6.76. The summed E-state index contributed by atoms with van der Waals surface area (Å²) >= 11 is 1.66. The van der Waals surface area contributed by atoms with Gasteiger partial charge in [-0.05, 0) is 35.4 Å². The quantitative estimate of drug-likeness (QED) is 0.605. The predicted octanol–water partition coefficient (Wildman–Crippen LogP) is 3.74. The van der Waals surface area contributed by atoms with Crippen molar-refractivity contribution in [3.8, 4) is 0 Å². The summed E-state index contributed by atoms with van der Waals surface area (Å²) in [6, 6.07) is 3.80. The third-order valence-corrected chi connectivity index (χ3v) is 4.58. The molecular formula is C16H17N5OS. The maximum absolute atomic E-state index is 5.35. The zero-order valence-corrected chi connectivity index (χ0v) is 13.8. The van der Waals surface area contributed by atoms with Crippen molar-refractivity contribution in [1.82, 2.24) is 19.6 Å². The molecule has 0 bridgehead atoms. The van der Waals surface area contributed by atoms with Crippen molar-refractivity contribution in [2.24, 2.45) is 5.92 Å². The van der Waals surface area contributed by atoms with Gasteiger partial charge in [0, 0.05) is 0 Å². The first-order chi connectivity index (χ1) is 11.2. The zero-order chi connectivity index (χ0) is 15.8. The van der Waals surface area contributed by atoms with E-state index in [0.717, 1.165) is 28.0 Å². The van der Waals surface area contributed by atoms with Crippen molar-refractivity contribution in [3.05, 3.63) is 41.4 Å². The summed E-state index contributed by atoms with van der Waals surface area (Å²) < 4.78 is 7.12. The molecule has 0 aliphatic rings. The van der Waals surface area contributed by atoms with E-state index < -0.39 is 0 Å². The summed E-state index contributed by atoms with van der Waals surface area (Å²) in [5, 5.41) is 10.9. The molecule has 0 aliphatic carbocycles. The summed E-state index contributed by atoms with van der Waals surface area (Å²) in [4.78, 5) is 10.2. The van der Waals surface area contributed by atoms with E-state index in [0.29, 0.717) is 18.4 Å². The zero-order valence-electron chi connectivity index (χ0n) is 13.0. The van der Waals surface area contributed by atoms with Crippen molar-refractivity contribution in [3.63, 3.8) is 0 Å². The van der Waals surface area contributed by atoms with Crippen molar-refractivity contribution in [2.45, 2.75) is 26.8 Å². The molecule has 23 heavy (non-hydrogen) atoms. The van der Waals surface area contributed by atoms with Crippen molar-refractivity contribution >= 4 is 33.1 Å². The fourth-order valence-electron chi connectivity index (χ4n) is 2.70. The van der Waals surface area contributed by atoms with Crippen LogP contribution in [-0.4, -0.2) is 19.6 Å². The standard InChI is InChI=1S/C16H17N5OS/c1-10(2)6-11-8-23-15-13(11)14-18-9-19-21(14)16(20-15)17-7-12-4-3-5-22-12/h3-5,8-10H,6-7H2,1-2H3,(H,17,20). The van der Waals surface area contributed by atoms with Gasteiger partial charge in [-0.1, -0.05) is 13.8 Å². The van der Waals surface area contributed by atoms with Gasteiger partial charge in [-0.2, -0.15) is 9.61 Å². The molecule has 0 spiro atoms. The Labute approximate surface area is 137 Å². The fourth-order valence-corrected chi connectivity index (χ4v) is 3.65. The van der Waals surface area contributed by atoms with Gasteiger partial charge in [-0.15, -0.1) is 11.3 Å². The van der Waals surface area contributed by atoms with E-state index in [-0.39, 0.29) is 0 Å². The molecule has 0 saturated carbocycles. The van der Waals surface area contributed by atoms with E-state index in [2.05, 4.69) is 34.6 Å². The van der Waals surface area contributed by atoms with Gasteiger partial charge in [0.2, 0.25) is 5.95 Å². The number of nitrogens with zero attached hydrogens (tertiary/aromatic N) is 4. The summed E-state index contributed by atoms with van der Waals surface area (Å²) in [7, 11) is 0. The number of furan rings is 1. The molecule has 4 aromatic heterocycles. The number of rotatable bonds is 5. The molecule has 0 amide bonds. The Hall–Kier alpha value is -2.41. The Morgan fingerprint density at radius 3 is 3.09 bits per heavy atom. The van der Waals surface area contributed by atoms with Crippen LogP contribution in [-0.2, 0) is 13.0 Å². The maximum Gasteiger partial charge on any atom is 0.227 e. The molecule has 0 fully saturated rings. The molecule has 0 unspecified atom stereocenters. The number of anilines is 1. The lowest BCUT2D eigenvalue weighted by Crippen LogP contribution is -2.07. The molecule has 0 radical (unpaired) electrons. The molecule has 0 aromatic carbocycles. The van der Waals surface area contributed by atoms with Gasteiger partial charge < -0.3 is 9.73 Å². The lowest BCUT2D eigenvalue weighted by atomic mass is 10.0. The average Bonchev–Trinajstić information content (AvgIpc) is 3.24. The van der Waals surface area contributed by atoms with E-state index in [4.69, 9.17) is 9.40 Å². The van der Waals surface area contributed by atoms with Gasteiger partial charge >= 0.3 is 0 Å². The Balaban J connectivity index is 1.78. The first kappa shape index (κ1) is 14.2. The van der Waals surface area contributed by atoms with Gasteiger partial charge in [0.1, 0.15) is 16.9 Å². The second-order valence-electron chi connectivity index (χ2n) is 5.90. The average molecular weight is 327 g/mol. The molecule has 4 heterocycles. The molecule has 7 heteroatoms. The van der Waals surface area contributed by atoms with Crippen molar-refractivity contribution in [1.29, 1.82) is 0 Å². The van der Waals surface area contributed by atoms with Crippen LogP contribution >= 0.6 is 11.3 Å². The van der Waals surface area contributed by atoms with Crippen LogP contribution in [0.15, 0.2) is 34.5 Å². The van der Waals surface area contributed by atoms with Gasteiger partial charge in [-0.25, -0.2) is 9.97 Å². The van der Waals surface area contributed by atoms with E-state index in [1.807, 2.05) is 12.1 Å². The first-order valence-electron chi connectivity index (χ1n) is 7.58. The lowest BCUT2D eigenvalue weighted by molar-refractivity contribution is 0.517. The number of hydrogen-bond donors (Lipinski definition) is 1. The minimum Gasteiger partial charge on any atom is -0.467 e. The van der Waals surface area contributed by atoms with Gasteiger partial charge in [-0.3, -0.25) is 0 Å². The van der Waals surface area contributed by atoms with Crippen molar-refractivity contribution < 1.29 is 4.42 Å². The maximum atomic E-state index is 5.35. The van der Waals surface area contributed by atoms with E-state index in [9.17, 15) is 0 Å². The third kappa shape index (κ3) is 2.57. The van der Waals surface area contributed by atoms with Crippen LogP contribution in [0.3, 0.4) is 0 Å². The summed E-state index contributed by atoms with van der Waals surface area (Å²) in [5.74, 6) is 2.12. The van der Waals surface area contributed by atoms with E-state index in [1.54, 1.807) is 28.4 Å². The summed E-state index contributed by atoms with van der Waals surface area (Å²) in [5.41, 5.74) is 2.15. The molecule has 4 rings (SSSR count). The fraction of sp³-hybridized carbons (Fsp3) is 0.312. The van der Waals surface area contributed by atoms with Gasteiger partial charge in [0.25, 0.3) is 0 Å². The number of fused-ring (bicyclic) bond motifs is 3. The molecule has 0 atom stereocenters. The Morgan fingerprint density at radius 1 is 1.39 bits per heavy atom. The molecule has 6 nitrogen and oxygen atoms in total. The van der Waals surface area contributed by atoms with Crippen LogP contribution in [0.4, 0.5) is 5.95 Å². The first-order valence-corrected chi connectivity index (χ1v) is 8.46. The minimum absolute atomic E-state index is 0.560. The Kier molecular flexibility index (Phi) is 3.49. The SMILES string of the molecule is CC(C)Cc1csc2nc(NCc3ccco3)n3ncnc3c12. The van der Waals surface area contributed by atoms with Gasteiger partial charge in [0.05, 0.1) is 18.2 Å². The van der Waals surface area contributed by atoms with E-state index in [1.165, 1.54) is 5.56 Å². The number of hydrogen-bond acceptors (Lipinski definition) is 6. The van der Waals surface area contributed by atoms with Crippen LogP contribution in [0.2, 0.25) is 0 Å². The normalized spacial score (nSPS) is 11.8. The number of thiophene rings is 1. The smallest absolute Gasteiger partial charge is 0.227 e. The molecule has 4 aromatic rings. The Bertz CT molecular complexity index is 938. The van der Waals surface area contributed by atoms with E-state index >= 15 is 0 Å². The molecule has 0 saturated heterocycles. The molecule has 1 N–H and O–H groups in total. The van der Waals surface area contributed by atoms with Crippen LogP contribution in [0.25, 0.3) is 15.9 Å². The molecule has 118 valence electrons. The highest BCUT2D eigenvalue weighted by Crippen LogP contribution is 2.30. The minimum atomic E-state index is 0.560. The largest absolute Gasteiger partial charge is 0.467 e. The second kappa shape index (κ2) is 5.66. The highest BCUT2D eigenvalue weighted by Gasteiger charge is 2.16. The Morgan fingerprint density at radius 2 is 2.30 bits per heavy atom. The predicted molar refractivity (Wildman–Crippen MR) is 90.7 cm³/mol. The lowest BCUT2D eigenvalue weighted by Gasteiger charge is -2.08. The third-order valence-electron chi connectivity index (χ3n) is 3.66. The van der Waals surface area contributed by atoms with Crippen molar-refractivity contribution in [2.75, 3.05) is 5.32 Å².